The van der Waals surface area contributed by atoms with E-state index in [0.29, 0.717) is 5.54 Å². The summed E-state index contributed by atoms with van der Waals surface area (Å²) in [5.74, 6) is 5.72. The SMILES string of the molecule is I.NC(=NCC1(N2CCSCC2)CCCCC1)N1CCSCC1. The monoisotopic (exact) mass is 470 g/mol. The van der Waals surface area contributed by atoms with E-state index in [1.54, 1.807) is 0 Å². The summed E-state index contributed by atoms with van der Waals surface area (Å²) < 4.78 is 0. The molecule has 2 saturated heterocycles. The van der Waals surface area contributed by atoms with Gasteiger partial charge >= 0.3 is 0 Å². The standard InChI is InChI=1S/C16H30N4S2.HI/c17-15(19-6-10-21-11-7-19)18-14-16(4-2-1-3-5-16)20-8-12-22-13-9-20;/h1-14H2,(H2,17,18);1H. The molecule has 2 N–H and O–H groups in total. The summed E-state index contributed by atoms with van der Waals surface area (Å²) in [5.41, 5.74) is 6.60. The van der Waals surface area contributed by atoms with Crippen molar-refractivity contribution in [2.75, 3.05) is 55.7 Å². The fourth-order valence-corrected chi connectivity index (χ4v) is 5.75. The van der Waals surface area contributed by atoms with Crippen LogP contribution >= 0.6 is 47.5 Å². The Bertz CT molecular complexity index is 376. The van der Waals surface area contributed by atoms with Crippen molar-refractivity contribution < 1.29 is 0 Å². The van der Waals surface area contributed by atoms with Crippen molar-refractivity contribution in [3.8, 4) is 0 Å². The van der Waals surface area contributed by atoms with Crippen molar-refractivity contribution in [1.82, 2.24) is 9.80 Å². The Morgan fingerprint density at radius 1 is 0.913 bits per heavy atom. The van der Waals surface area contributed by atoms with E-state index in [-0.39, 0.29) is 24.0 Å². The number of rotatable bonds is 3. The van der Waals surface area contributed by atoms with Crippen molar-refractivity contribution in [2.24, 2.45) is 10.7 Å². The smallest absolute Gasteiger partial charge is 0.191 e. The summed E-state index contributed by atoms with van der Waals surface area (Å²) in [4.78, 5) is 9.90. The van der Waals surface area contributed by atoms with Crippen LogP contribution in [0.2, 0.25) is 0 Å². The van der Waals surface area contributed by atoms with Crippen LogP contribution in [0.1, 0.15) is 32.1 Å². The van der Waals surface area contributed by atoms with Crippen LogP contribution in [0.3, 0.4) is 0 Å². The Labute approximate surface area is 166 Å². The van der Waals surface area contributed by atoms with Crippen LogP contribution in [0.25, 0.3) is 0 Å². The molecule has 0 aromatic heterocycles. The molecule has 0 radical (unpaired) electrons. The molecule has 3 rings (SSSR count). The van der Waals surface area contributed by atoms with Gasteiger partial charge in [-0.1, -0.05) is 19.3 Å². The lowest BCUT2D eigenvalue weighted by Crippen LogP contribution is -2.55. The van der Waals surface area contributed by atoms with E-state index in [4.69, 9.17) is 10.7 Å². The fourth-order valence-electron chi connectivity index (χ4n) is 3.94. The van der Waals surface area contributed by atoms with Crippen molar-refractivity contribution in [1.29, 1.82) is 0 Å². The van der Waals surface area contributed by atoms with E-state index in [2.05, 4.69) is 21.6 Å². The first-order chi connectivity index (χ1) is 10.8. The lowest BCUT2D eigenvalue weighted by Gasteiger charge is -2.47. The van der Waals surface area contributed by atoms with Crippen LogP contribution in [-0.4, -0.2) is 77.0 Å². The molecule has 23 heavy (non-hydrogen) atoms. The Balaban J connectivity index is 0.00000192. The van der Waals surface area contributed by atoms with Crippen LogP contribution in [0.5, 0.6) is 0 Å². The molecule has 134 valence electrons. The molecule has 0 atom stereocenters. The van der Waals surface area contributed by atoms with E-state index < -0.39 is 0 Å². The van der Waals surface area contributed by atoms with Gasteiger partial charge in [0.1, 0.15) is 0 Å². The first-order valence-corrected chi connectivity index (χ1v) is 11.1. The van der Waals surface area contributed by atoms with Gasteiger partial charge in [-0.3, -0.25) is 9.89 Å². The van der Waals surface area contributed by atoms with Crippen molar-refractivity contribution in [3.63, 3.8) is 0 Å². The van der Waals surface area contributed by atoms with E-state index >= 15 is 0 Å². The highest BCUT2D eigenvalue weighted by molar-refractivity contribution is 14.0. The minimum Gasteiger partial charge on any atom is -0.370 e. The molecule has 0 amide bonds. The zero-order valence-electron chi connectivity index (χ0n) is 14.0. The minimum atomic E-state index is 0. The van der Waals surface area contributed by atoms with E-state index in [1.165, 1.54) is 68.2 Å². The van der Waals surface area contributed by atoms with Crippen LogP contribution in [0, 0.1) is 0 Å². The topological polar surface area (TPSA) is 44.9 Å². The van der Waals surface area contributed by atoms with E-state index in [0.717, 1.165) is 25.6 Å². The quantitative estimate of drug-likeness (QED) is 0.391. The normalized spacial score (nSPS) is 26.6. The van der Waals surface area contributed by atoms with Crippen LogP contribution in [-0.2, 0) is 0 Å². The third-order valence-electron chi connectivity index (χ3n) is 5.34. The molecule has 3 aliphatic rings. The molecule has 1 aliphatic carbocycles. The van der Waals surface area contributed by atoms with Crippen molar-refractivity contribution >= 4 is 53.5 Å². The second kappa shape index (κ2) is 9.97. The van der Waals surface area contributed by atoms with Gasteiger partial charge in [-0.05, 0) is 12.8 Å². The average molecular weight is 470 g/mol. The number of nitrogens with zero attached hydrogens (tertiary/aromatic N) is 3. The molecule has 0 aromatic rings. The maximum Gasteiger partial charge on any atom is 0.191 e. The van der Waals surface area contributed by atoms with Gasteiger partial charge in [0.2, 0.25) is 0 Å². The number of guanidine groups is 1. The summed E-state index contributed by atoms with van der Waals surface area (Å²) in [6, 6.07) is 0. The number of nitrogens with two attached hydrogens (primary N) is 1. The van der Waals surface area contributed by atoms with Gasteiger partial charge in [0.05, 0.1) is 6.54 Å². The fraction of sp³-hybridized carbons (Fsp3) is 0.938. The molecule has 3 fully saturated rings. The Morgan fingerprint density at radius 2 is 1.48 bits per heavy atom. The summed E-state index contributed by atoms with van der Waals surface area (Å²) in [7, 11) is 0. The van der Waals surface area contributed by atoms with Crippen molar-refractivity contribution in [3.05, 3.63) is 0 Å². The Hall–Kier alpha value is 0.660. The minimum absolute atomic E-state index is 0. The zero-order chi connectivity index (χ0) is 15.3. The molecule has 0 unspecified atom stereocenters. The predicted molar refractivity (Wildman–Crippen MR) is 116 cm³/mol. The number of hydrogen-bond acceptors (Lipinski definition) is 4. The maximum atomic E-state index is 6.30. The molecule has 0 aromatic carbocycles. The second-order valence-electron chi connectivity index (χ2n) is 6.66. The third kappa shape index (κ3) is 5.31. The molecule has 0 bridgehead atoms. The summed E-state index contributed by atoms with van der Waals surface area (Å²) in [6.45, 7) is 5.51. The molecule has 2 aliphatic heterocycles. The molecule has 0 spiro atoms. The summed E-state index contributed by atoms with van der Waals surface area (Å²) >= 11 is 4.12. The van der Waals surface area contributed by atoms with Gasteiger partial charge in [0, 0.05) is 54.7 Å². The van der Waals surface area contributed by atoms with E-state index in [9.17, 15) is 0 Å². The van der Waals surface area contributed by atoms with E-state index in [1.807, 2.05) is 11.8 Å². The lowest BCUT2D eigenvalue weighted by atomic mass is 9.80. The van der Waals surface area contributed by atoms with Gasteiger partial charge in [-0.2, -0.15) is 23.5 Å². The van der Waals surface area contributed by atoms with Crippen molar-refractivity contribution in [2.45, 2.75) is 37.6 Å². The highest BCUT2D eigenvalue weighted by Gasteiger charge is 2.38. The molecule has 7 heteroatoms. The number of halogens is 1. The van der Waals surface area contributed by atoms with Crippen LogP contribution in [0.15, 0.2) is 4.99 Å². The number of hydrogen-bond donors (Lipinski definition) is 1. The molecular formula is C16H31IN4S2. The van der Waals surface area contributed by atoms with Gasteiger partial charge in [0.25, 0.3) is 0 Å². The first kappa shape index (κ1) is 20.0. The summed E-state index contributed by atoms with van der Waals surface area (Å²) in [6.07, 6.45) is 6.74. The second-order valence-corrected chi connectivity index (χ2v) is 9.11. The van der Waals surface area contributed by atoms with Gasteiger partial charge in [0.15, 0.2) is 5.96 Å². The highest BCUT2D eigenvalue weighted by atomic mass is 127. The van der Waals surface area contributed by atoms with Gasteiger partial charge in [-0.25, -0.2) is 0 Å². The number of thioether (sulfide) groups is 2. The van der Waals surface area contributed by atoms with Crippen LogP contribution in [0.4, 0.5) is 0 Å². The third-order valence-corrected chi connectivity index (χ3v) is 7.22. The van der Waals surface area contributed by atoms with Gasteiger partial charge < -0.3 is 10.6 Å². The van der Waals surface area contributed by atoms with Gasteiger partial charge in [-0.15, -0.1) is 24.0 Å². The number of aliphatic imine (C=N–C) groups is 1. The molecular weight excluding hydrogens is 439 g/mol. The average Bonchev–Trinajstić information content (AvgIpc) is 2.62. The highest BCUT2D eigenvalue weighted by Crippen LogP contribution is 2.35. The molecule has 1 saturated carbocycles. The predicted octanol–water partition coefficient (Wildman–Crippen LogP) is 2.72. The molecule has 2 heterocycles. The Kier molecular flexibility index (Phi) is 8.66. The summed E-state index contributed by atoms with van der Waals surface area (Å²) in [5, 5.41) is 0. The largest absolute Gasteiger partial charge is 0.370 e. The Morgan fingerprint density at radius 3 is 2.09 bits per heavy atom. The maximum absolute atomic E-state index is 6.30. The van der Waals surface area contributed by atoms with Crippen LogP contribution < -0.4 is 5.73 Å². The lowest BCUT2D eigenvalue weighted by molar-refractivity contribution is 0.0670. The zero-order valence-corrected chi connectivity index (χ0v) is 18.0. The molecule has 4 nitrogen and oxygen atoms in total. The first-order valence-electron chi connectivity index (χ1n) is 8.76.